The smallest absolute Gasteiger partial charge is 0.307 e. The van der Waals surface area contributed by atoms with E-state index in [4.69, 9.17) is 16.3 Å². The van der Waals surface area contributed by atoms with E-state index >= 15 is 0 Å². The maximum absolute atomic E-state index is 11.9. The molecule has 0 aliphatic carbocycles. The van der Waals surface area contributed by atoms with Crippen molar-refractivity contribution in [2.75, 3.05) is 6.54 Å². The van der Waals surface area contributed by atoms with Crippen LogP contribution in [-0.4, -0.2) is 18.4 Å². The lowest BCUT2D eigenvalue weighted by Crippen LogP contribution is -2.26. The van der Waals surface area contributed by atoms with E-state index in [1.165, 1.54) is 0 Å². The molecule has 0 bridgehead atoms. The van der Waals surface area contributed by atoms with Gasteiger partial charge in [-0.05, 0) is 42.0 Å². The quantitative estimate of drug-likeness (QED) is 0.752. The molecule has 2 aromatic carbocycles. The molecule has 2 rings (SSSR count). The summed E-state index contributed by atoms with van der Waals surface area (Å²) in [6, 6.07) is 14.1. The maximum atomic E-state index is 11.9. The highest BCUT2D eigenvalue weighted by atomic mass is 79.9. The summed E-state index contributed by atoms with van der Waals surface area (Å²) in [6.45, 7) is 0.422. The summed E-state index contributed by atoms with van der Waals surface area (Å²) >= 11 is 9.09. The summed E-state index contributed by atoms with van der Waals surface area (Å²) in [5, 5.41) is 3.32. The van der Waals surface area contributed by atoms with Crippen LogP contribution >= 0.6 is 27.5 Å². The van der Waals surface area contributed by atoms with Crippen molar-refractivity contribution in [1.29, 1.82) is 0 Å². The molecule has 0 fully saturated rings. The normalized spacial score (nSPS) is 10.2. The number of halogens is 2. The summed E-state index contributed by atoms with van der Waals surface area (Å²) in [4.78, 5) is 23.5. The van der Waals surface area contributed by atoms with Crippen LogP contribution in [0.5, 0.6) is 0 Å². The molecular formula is C17H15BrClNO3. The average Bonchev–Trinajstić information content (AvgIpc) is 2.55. The van der Waals surface area contributed by atoms with Crippen molar-refractivity contribution in [2.24, 2.45) is 0 Å². The first kappa shape index (κ1) is 17.5. The number of benzene rings is 2. The van der Waals surface area contributed by atoms with Gasteiger partial charge < -0.3 is 10.1 Å². The van der Waals surface area contributed by atoms with Gasteiger partial charge in [-0.3, -0.25) is 9.59 Å². The van der Waals surface area contributed by atoms with Crippen molar-refractivity contribution < 1.29 is 14.3 Å². The van der Waals surface area contributed by atoms with Crippen molar-refractivity contribution in [3.8, 4) is 0 Å². The van der Waals surface area contributed by atoms with E-state index in [0.717, 1.165) is 10.0 Å². The van der Waals surface area contributed by atoms with Crippen LogP contribution in [0.1, 0.15) is 22.3 Å². The molecule has 0 saturated carbocycles. The molecule has 0 atom stereocenters. The Labute approximate surface area is 147 Å². The van der Waals surface area contributed by atoms with Gasteiger partial charge in [-0.15, -0.1) is 0 Å². The molecule has 0 aliphatic rings. The van der Waals surface area contributed by atoms with Gasteiger partial charge in [0.25, 0.3) is 5.91 Å². The average molecular weight is 397 g/mol. The second-order valence-electron chi connectivity index (χ2n) is 4.80. The summed E-state index contributed by atoms with van der Waals surface area (Å²) in [5.41, 5.74) is 1.41. The first-order valence-electron chi connectivity index (χ1n) is 6.98. The van der Waals surface area contributed by atoms with E-state index in [2.05, 4.69) is 21.2 Å². The first-order valence-corrected chi connectivity index (χ1v) is 8.15. The molecule has 2 aromatic rings. The number of hydrogen-bond donors (Lipinski definition) is 1. The van der Waals surface area contributed by atoms with Crippen LogP contribution in [0, 0.1) is 0 Å². The van der Waals surface area contributed by atoms with E-state index in [1.54, 1.807) is 48.5 Å². The molecule has 0 aromatic heterocycles. The van der Waals surface area contributed by atoms with Crippen LogP contribution in [0.25, 0.3) is 0 Å². The molecule has 4 nitrogen and oxygen atoms in total. The molecule has 0 unspecified atom stereocenters. The molecule has 0 aliphatic heterocycles. The maximum Gasteiger partial charge on any atom is 0.307 e. The number of hydrogen-bond acceptors (Lipinski definition) is 3. The number of esters is 1. The number of amides is 1. The molecular weight excluding hydrogens is 382 g/mol. The molecule has 0 radical (unpaired) electrons. The van der Waals surface area contributed by atoms with Crippen molar-refractivity contribution in [2.45, 2.75) is 13.0 Å². The van der Waals surface area contributed by atoms with Gasteiger partial charge in [0, 0.05) is 21.6 Å². The Morgan fingerprint density at radius 3 is 2.35 bits per heavy atom. The Morgan fingerprint density at radius 2 is 1.70 bits per heavy atom. The second kappa shape index (κ2) is 8.70. The Morgan fingerprint density at radius 1 is 1.04 bits per heavy atom. The van der Waals surface area contributed by atoms with E-state index in [0.29, 0.717) is 10.6 Å². The molecule has 6 heteroatoms. The third kappa shape index (κ3) is 6.04. The van der Waals surface area contributed by atoms with Crippen LogP contribution in [0.4, 0.5) is 0 Å². The fourth-order valence-corrected chi connectivity index (χ4v) is 2.19. The van der Waals surface area contributed by atoms with Crippen LogP contribution < -0.4 is 5.32 Å². The van der Waals surface area contributed by atoms with E-state index in [1.807, 2.05) is 0 Å². The van der Waals surface area contributed by atoms with E-state index in [-0.39, 0.29) is 31.4 Å². The lowest BCUT2D eigenvalue weighted by molar-refractivity contribution is -0.144. The molecule has 0 spiro atoms. The van der Waals surface area contributed by atoms with Gasteiger partial charge in [0.2, 0.25) is 0 Å². The highest BCUT2D eigenvalue weighted by molar-refractivity contribution is 9.10. The zero-order chi connectivity index (χ0) is 16.7. The Balaban J connectivity index is 1.69. The summed E-state index contributed by atoms with van der Waals surface area (Å²) in [7, 11) is 0. The Kier molecular flexibility index (Phi) is 6.62. The topological polar surface area (TPSA) is 55.4 Å². The molecule has 1 N–H and O–H groups in total. The van der Waals surface area contributed by atoms with Crippen molar-refractivity contribution in [3.05, 3.63) is 69.2 Å². The van der Waals surface area contributed by atoms with Crippen LogP contribution in [-0.2, 0) is 16.1 Å². The SMILES string of the molecule is O=C(CCNC(=O)c1ccc(Br)cc1)OCc1ccc(Cl)cc1. The molecule has 1 amide bonds. The predicted octanol–water partition coefficient (Wildman–Crippen LogP) is 3.97. The summed E-state index contributed by atoms with van der Waals surface area (Å²) in [6.07, 6.45) is 0.121. The Bertz CT molecular complexity index is 671. The zero-order valence-corrected chi connectivity index (χ0v) is 14.6. The van der Waals surface area contributed by atoms with Gasteiger partial charge in [-0.25, -0.2) is 0 Å². The van der Waals surface area contributed by atoms with Crippen LogP contribution in [0.3, 0.4) is 0 Å². The number of ether oxygens (including phenoxy) is 1. The molecule has 0 heterocycles. The second-order valence-corrected chi connectivity index (χ2v) is 6.15. The minimum Gasteiger partial charge on any atom is -0.461 e. The van der Waals surface area contributed by atoms with Crippen molar-refractivity contribution >= 4 is 39.4 Å². The van der Waals surface area contributed by atoms with Crippen molar-refractivity contribution in [1.82, 2.24) is 5.32 Å². The summed E-state index contributed by atoms with van der Waals surface area (Å²) < 4.78 is 6.03. The van der Waals surface area contributed by atoms with Gasteiger partial charge in [0.1, 0.15) is 6.61 Å². The third-order valence-electron chi connectivity index (χ3n) is 3.03. The van der Waals surface area contributed by atoms with E-state index in [9.17, 15) is 9.59 Å². The third-order valence-corrected chi connectivity index (χ3v) is 3.81. The van der Waals surface area contributed by atoms with Crippen LogP contribution in [0.15, 0.2) is 53.0 Å². The fourth-order valence-electron chi connectivity index (χ4n) is 1.80. The minimum atomic E-state index is -0.365. The van der Waals surface area contributed by atoms with Gasteiger partial charge in [-0.2, -0.15) is 0 Å². The highest BCUT2D eigenvalue weighted by Crippen LogP contribution is 2.11. The minimum absolute atomic E-state index is 0.121. The molecule has 120 valence electrons. The molecule has 0 saturated heterocycles. The first-order chi connectivity index (χ1) is 11.0. The van der Waals surface area contributed by atoms with Crippen molar-refractivity contribution in [3.63, 3.8) is 0 Å². The monoisotopic (exact) mass is 395 g/mol. The van der Waals surface area contributed by atoms with Gasteiger partial charge in [0.05, 0.1) is 6.42 Å². The number of carbonyl (C=O) groups is 2. The number of nitrogens with one attached hydrogen (secondary N) is 1. The number of carbonyl (C=O) groups excluding carboxylic acids is 2. The van der Waals surface area contributed by atoms with Gasteiger partial charge >= 0.3 is 5.97 Å². The largest absolute Gasteiger partial charge is 0.461 e. The Hall–Kier alpha value is -1.85. The van der Waals surface area contributed by atoms with Crippen LogP contribution in [0.2, 0.25) is 5.02 Å². The lowest BCUT2D eigenvalue weighted by Gasteiger charge is -2.07. The summed E-state index contributed by atoms with van der Waals surface area (Å²) in [5.74, 6) is -0.584. The lowest BCUT2D eigenvalue weighted by atomic mass is 10.2. The molecule has 23 heavy (non-hydrogen) atoms. The van der Waals surface area contributed by atoms with E-state index < -0.39 is 0 Å². The number of rotatable bonds is 6. The highest BCUT2D eigenvalue weighted by Gasteiger charge is 2.07. The zero-order valence-electron chi connectivity index (χ0n) is 12.2. The van der Waals surface area contributed by atoms with Gasteiger partial charge in [0.15, 0.2) is 0 Å². The fraction of sp³-hybridized carbons (Fsp3) is 0.176. The predicted molar refractivity (Wildman–Crippen MR) is 92.3 cm³/mol. The standard InChI is InChI=1S/C17H15BrClNO3/c18-14-5-3-13(4-6-14)17(22)20-10-9-16(21)23-11-12-1-7-15(19)8-2-12/h1-8H,9-11H2,(H,20,22). The van der Waals surface area contributed by atoms with Gasteiger partial charge in [-0.1, -0.05) is 39.7 Å².